The van der Waals surface area contributed by atoms with Gasteiger partial charge in [0.15, 0.2) is 0 Å². The first-order chi connectivity index (χ1) is 7.72. The number of hydrogen-bond acceptors (Lipinski definition) is 5. The molecular formula is C11H18N4S. The Labute approximate surface area is 99.8 Å². The van der Waals surface area contributed by atoms with Crippen LogP contribution in [0.4, 0.5) is 11.1 Å². The molecule has 1 aromatic rings. The van der Waals surface area contributed by atoms with Gasteiger partial charge in [-0.1, -0.05) is 6.42 Å². The van der Waals surface area contributed by atoms with Gasteiger partial charge in [0.2, 0.25) is 11.1 Å². The van der Waals surface area contributed by atoms with E-state index in [0.29, 0.717) is 12.0 Å². The van der Waals surface area contributed by atoms with Crippen molar-refractivity contribution in [1.29, 1.82) is 0 Å². The summed E-state index contributed by atoms with van der Waals surface area (Å²) in [4.78, 5) is 4.16. The normalized spacial score (nSPS) is 34.2. The number of nitrogens with two attached hydrogens (primary N) is 1. The van der Waals surface area contributed by atoms with E-state index >= 15 is 0 Å². The van der Waals surface area contributed by atoms with E-state index in [1.54, 1.807) is 0 Å². The fraction of sp³-hybridized carbons (Fsp3) is 0.818. The summed E-state index contributed by atoms with van der Waals surface area (Å²) in [5.74, 6) is 3.15. The minimum Gasteiger partial charge on any atom is -0.367 e. The van der Waals surface area contributed by atoms with Gasteiger partial charge in [-0.05, 0) is 43.9 Å². The predicted molar refractivity (Wildman–Crippen MR) is 66.3 cm³/mol. The van der Waals surface area contributed by atoms with Crippen molar-refractivity contribution in [1.82, 2.24) is 9.36 Å². The Hall–Kier alpha value is -0.840. The molecule has 0 radical (unpaired) electrons. The maximum atomic E-state index is 5.52. The molecule has 0 aromatic carbocycles. The number of anilines is 2. The first kappa shape index (κ1) is 10.3. The first-order valence-electron chi connectivity index (χ1n) is 6.08. The minimum atomic E-state index is 0.382. The molecule has 0 saturated heterocycles. The second-order valence-corrected chi connectivity index (χ2v) is 5.98. The van der Waals surface area contributed by atoms with E-state index in [-0.39, 0.29) is 0 Å². The van der Waals surface area contributed by atoms with E-state index in [2.05, 4.69) is 21.6 Å². The summed E-state index contributed by atoms with van der Waals surface area (Å²) in [6.07, 6.45) is 5.74. The summed E-state index contributed by atoms with van der Waals surface area (Å²) in [6.45, 7) is 2.27. The number of nitrogens with zero attached hydrogens (tertiary/aromatic N) is 2. The van der Waals surface area contributed by atoms with Gasteiger partial charge in [0.1, 0.15) is 0 Å². The molecule has 5 heteroatoms. The zero-order valence-electron chi connectivity index (χ0n) is 9.52. The van der Waals surface area contributed by atoms with Gasteiger partial charge in [-0.2, -0.15) is 9.36 Å². The highest BCUT2D eigenvalue weighted by atomic mass is 32.1. The number of nitrogens with one attached hydrogen (secondary N) is 1. The molecule has 2 bridgehead atoms. The quantitative estimate of drug-likeness (QED) is 0.848. The Kier molecular flexibility index (Phi) is 2.50. The van der Waals surface area contributed by atoms with Gasteiger partial charge in [0.25, 0.3) is 0 Å². The van der Waals surface area contributed by atoms with Gasteiger partial charge >= 0.3 is 0 Å². The van der Waals surface area contributed by atoms with E-state index < -0.39 is 0 Å². The van der Waals surface area contributed by atoms with Crippen LogP contribution in [0.5, 0.6) is 0 Å². The van der Waals surface area contributed by atoms with Crippen LogP contribution in [0.2, 0.25) is 0 Å². The summed E-state index contributed by atoms with van der Waals surface area (Å²) >= 11 is 1.36. The molecule has 4 atom stereocenters. The van der Waals surface area contributed by atoms with Crippen molar-refractivity contribution < 1.29 is 0 Å². The molecule has 2 aliphatic carbocycles. The standard InChI is InChI=1S/C11H18N4S/c1-6(13-11-14-10(12)15-16-11)9-5-7-2-3-8(9)4-7/h6-9H,2-5H2,1H3,(H3,12,13,14,15). The van der Waals surface area contributed by atoms with E-state index in [0.717, 1.165) is 22.9 Å². The van der Waals surface area contributed by atoms with E-state index in [9.17, 15) is 0 Å². The third-order valence-electron chi connectivity index (χ3n) is 4.23. The zero-order chi connectivity index (χ0) is 11.1. The summed E-state index contributed by atoms with van der Waals surface area (Å²) < 4.78 is 3.99. The van der Waals surface area contributed by atoms with Crippen LogP contribution in [-0.2, 0) is 0 Å². The van der Waals surface area contributed by atoms with Crippen LogP contribution in [0.1, 0.15) is 32.6 Å². The molecule has 0 spiro atoms. The smallest absolute Gasteiger partial charge is 0.233 e. The Morgan fingerprint density at radius 2 is 2.31 bits per heavy atom. The topological polar surface area (TPSA) is 63.8 Å². The van der Waals surface area contributed by atoms with Crippen molar-refractivity contribution in [3.05, 3.63) is 0 Å². The molecule has 3 N–H and O–H groups in total. The molecule has 4 unspecified atom stereocenters. The average molecular weight is 238 g/mol. The summed E-state index contributed by atoms with van der Waals surface area (Å²) in [6, 6.07) is 0.502. The highest BCUT2D eigenvalue weighted by molar-refractivity contribution is 7.09. The number of hydrogen-bond donors (Lipinski definition) is 2. The highest BCUT2D eigenvalue weighted by Gasteiger charge is 2.41. The van der Waals surface area contributed by atoms with Crippen LogP contribution < -0.4 is 11.1 Å². The summed E-state index contributed by atoms with van der Waals surface area (Å²) in [7, 11) is 0. The van der Waals surface area contributed by atoms with Crippen molar-refractivity contribution in [2.75, 3.05) is 11.1 Å². The Bertz CT molecular complexity index is 378. The monoisotopic (exact) mass is 238 g/mol. The van der Waals surface area contributed by atoms with Crippen LogP contribution in [0.25, 0.3) is 0 Å². The Balaban J connectivity index is 1.63. The van der Waals surface area contributed by atoms with Gasteiger partial charge < -0.3 is 11.1 Å². The van der Waals surface area contributed by atoms with Gasteiger partial charge in [0.05, 0.1) is 0 Å². The van der Waals surface area contributed by atoms with Crippen LogP contribution in [0, 0.1) is 17.8 Å². The minimum absolute atomic E-state index is 0.382. The lowest BCUT2D eigenvalue weighted by Crippen LogP contribution is -2.29. The number of fused-ring (bicyclic) bond motifs is 2. The molecule has 2 aliphatic rings. The van der Waals surface area contributed by atoms with Crippen molar-refractivity contribution >= 4 is 22.6 Å². The fourth-order valence-corrected chi connectivity index (χ4v) is 4.10. The Morgan fingerprint density at radius 1 is 1.44 bits per heavy atom. The lowest BCUT2D eigenvalue weighted by Gasteiger charge is -2.28. The maximum absolute atomic E-state index is 5.52. The van der Waals surface area contributed by atoms with Crippen molar-refractivity contribution in [2.45, 2.75) is 38.6 Å². The van der Waals surface area contributed by atoms with Gasteiger partial charge in [-0.15, -0.1) is 0 Å². The molecule has 16 heavy (non-hydrogen) atoms. The zero-order valence-corrected chi connectivity index (χ0v) is 10.3. The molecule has 4 nitrogen and oxygen atoms in total. The molecule has 3 rings (SSSR count). The van der Waals surface area contributed by atoms with Crippen molar-refractivity contribution in [3.8, 4) is 0 Å². The van der Waals surface area contributed by atoms with E-state index in [1.807, 2.05) is 0 Å². The lowest BCUT2D eigenvalue weighted by molar-refractivity contribution is 0.304. The molecule has 0 amide bonds. The van der Waals surface area contributed by atoms with Crippen LogP contribution >= 0.6 is 11.5 Å². The van der Waals surface area contributed by atoms with Crippen LogP contribution in [0.15, 0.2) is 0 Å². The van der Waals surface area contributed by atoms with E-state index in [4.69, 9.17) is 5.73 Å². The predicted octanol–water partition coefficient (Wildman–Crippen LogP) is 2.36. The van der Waals surface area contributed by atoms with Crippen molar-refractivity contribution in [3.63, 3.8) is 0 Å². The highest BCUT2D eigenvalue weighted by Crippen LogP contribution is 2.49. The largest absolute Gasteiger partial charge is 0.367 e. The average Bonchev–Trinajstić information content (AvgIpc) is 2.93. The second kappa shape index (κ2) is 3.87. The third kappa shape index (κ3) is 1.77. The molecule has 0 aliphatic heterocycles. The third-order valence-corrected chi connectivity index (χ3v) is 4.89. The SMILES string of the molecule is CC(Nc1nc(N)ns1)C1CC2CCC1C2. The fourth-order valence-electron chi connectivity index (χ4n) is 3.50. The van der Waals surface area contributed by atoms with E-state index in [1.165, 1.54) is 37.2 Å². The second-order valence-electron chi connectivity index (χ2n) is 5.23. The molecule has 2 saturated carbocycles. The molecule has 88 valence electrons. The van der Waals surface area contributed by atoms with Gasteiger partial charge in [0, 0.05) is 17.6 Å². The maximum Gasteiger partial charge on any atom is 0.233 e. The first-order valence-corrected chi connectivity index (χ1v) is 6.85. The molecular weight excluding hydrogens is 220 g/mol. The van der Waals surface area contributed by atoms with Gasteiger partial charge in [-0.3, -0.25) is 0 Å². The van der Waals surface area contributed by atoms with Crippen LogP contribution in [0.3, 0.4) is 0 Å². The lowest BCUT2D eigenvalue weighted by atomic mass is 9.84. The Morgan fingerprint density at radius 3 is 2.88 bits per heavy atom. The number of aromatic nitrogens is 2. The number of rotatable bonds is 3. The van der Waals surface area contributed by atoms with Gasteiger partial charge in [-0.25, -0.2) is 0 Å². The number of nitrogen functional groups attached to an aromatic ring is 1. The summed E-state index contributed by atoms with van der Waals surface area (Å²) in [5.41, 5.74) is 5.52. The summed E-state index contributed by atoms with van der Waals surface area (Å²) in [5, 5.41) is 4.32. The van der Waals surface area contributed by atoms with Crippen LogP contribution in [-0.4, -0.2) is 15.4 Å². The molecule has 1 aromatic heterocycles. The molecule has 2 fully saturated rings. The molecule has 1 heterocycles. The van der Waals surface area contributed by atoms with Crippen molar-refractivity contribution in [2.24, 2.45) is 17.8 Å².